The average molecular weight is 185 g/mol. The minimum atomic E-state index is -0.568. The fourth-order valence-corrected chi connectivity index (χ4v) is 2.49. The van der Waals surface area contributed by atoms with Gasteiger partial charge >= 0.3 is 0 Å². The summed E-state index contributed by atoms with van der Waals surface area (Å²) >= 11 is 0. The van der Waals surface area contributed by atoms with Crippen LogP contribution in [0.4, 0.5) is 0 Å². The Morgan fingerprint density at radius 3 is 2.08 bits per heavy atom. The first-order valence-corrected chi connectivity index (χ1v) is 5.28. The summed E-state index contributed by atoms with van der Waals surface area (Å²) in [6, 6.07) is 0. The molecule has 2 nitrogen and oxygen atoms in total. The average Bonchev–Trinajstić information content (AvgIpc) is 2.84. The number of rotatable bonds is 4. The van der Waals surface area contributed by atoms with E-state index in [4.69, 9.17) is 5.73 Å². The van der Waals surface area contributed by atoms with Crippen molar-refractivity contribution in [2.75, 3.05) is 6.54 Å². The van der Waals surface area contributed by atoms with Crippen molar-refractivity contribution in [2.24, 2.45) is 23.0 Å². The molecule has 0 bridgehead atoms. The Hall–Kier alpha value is -0.0800. The maximum atomic E-state index is 10.7. The Morgan fingerprint density at radius 2 is 1.85 bits per heavy atom. The molecular weight excluding hydrogens is 162 g/mol. The second-order valence-corrected chi connectivity index (χ2v) is 5.34. The van der Waals surface area contributed by atoms with Crippen LogP contribution in [0.3, 0.4) is 0 Å². The molecular formula is C11H23NO. The van der Waals surface area contributed by atoms with Crippen molar-refractivity contribution >= 4 is 0 Å². The summed E-state index contributed by atoms with van der Waals surface area (Å²) in [6.07, 6.45) is 2.33. The minimum Gasteiger partial charge on any atom is -0.389 e. The van der Waals surface area contributed by atoms with E-state index in [-0.39, 0.29) is 5.41 Å². The zero-order valence-electron chi connectivity index (χ0n) is 9.30. The van der Waals surface area contributed by atoms with Crippen molar-refractivity contribution in [2.45, 2.75) is 46.1 Å². The summed E-state index contributed by atoms with van der Waals surface area (Å²) in [5, 5.41) is 10.7. The zero-order chi connectivity index (χ0) is 10.3. The van der Waals surface area contributed by atoms with E-state index < -0.39 is 5.60 Å². The molecule has 0 spiro atoms. The van der Waals surface area contributed by atoms with Gasteiger partial charge in [0.1, 0.15) is 0 Å². The summed E-state index contributed by atoms with van der Waals surface area (Å²) in [5.41, 5.74) is 5.00. The van der Waals surface area contributed by atoms with E-state index >= 15 is 0 Å². The predicted octanol–water partition coefficient (Wildman–Crippen LogP) is 1.77. The lowest BCUT2D eigenvalue weighted by atomic mass is 9.66. The normalized spacial score (nSPS) is 23.3. The molecule has 0 heterocycles. The van der Waals surface area contributed by atoms with E-state index in [1.807, 2.05) is 0 Å². The van der Waals surface area contributed by atoms with Crippen LogP contribution in [-0.2, 0) is 0 Å². The molecule has 3 N–H and O–H groups in total. The molecule has 13 heavy (non-hydrogen) atoms. The number of hydrogen-bond acceptors (Lipinski definition) is 2. The minimum absolute atomic E-state index is 0.164. The van der Waals surface area contributed by atoms with Crippen LogP contribution >= 0.6 is 0 Å². The molecule has 0 aromatic rings. The molecule has 0 aromatic carbocycles. The van der Waals surface area contributed by atoms with Crippen LogP contribution in [0.25, 0.3) is 0 Å². The van der Waals surface area contributed by atoms with Crippen LogP contribution < -0.4 is 5.73 Å². The molecule has 1 atom stereocenters. The Morgan fingerprint density at radius 1 is 1.38 bits per heavy atom. The van der Waals surface area contributed by atoms with Crippen molar-refractivity contribution < 1.29 is 5.11 Å². The van der Waals surface area contributed by atoms with E-state index in [2.05, 4.69) is 27.7 Å². The molecule has 1 aliphatic rings. The van der Waals surface area contributed by atoms with Gasteiger partial charge in [-0.2, -0.15) is 0 Å². The second kappa shape index (κ2) is 3.25. The first-order chi connectivity index (χ1) is 5.86. The lowest BCUT2D eigenvalue weighted by Gasteiger charge is -2.46. The van der Waals surface area contributed by atoms with Gasteiger partial charge in [0, 0.05) is 12.0 Å². The maximum Gasteiger partial charge on any atom is 0.0761 e. The Labute approximate surface area is 81.5 Å². The molecule has 2 heteroatoms. The molecule has 1 unspecified atom stereocenters. The van der Waals surface area contributed by atoms with Gasteiger partial charge in [-0.3, -0.25) is 0 Å². The third-order valence-corrected chi connectivity index (χ3v) is 3.67. The fourth-order valence-electron chi connectivity index (χ4n) is 2.49. The van der Waals surface area contributed by atoms with Crippen LogP contribution in [0.15, 0.2) is 0 Å². The third kappa shape index (κ3) is 1.62. The highest BCUT2D eigenvalue weighted by atomic mass is 16.3. The molecule has 0 aromatic heterocycles. The largest absolute Gasteiger partial charge is 0.389 e. The van der Waals surface area contributed by atoms with Crippen molar-refractivity contribution in [1.82, 2.24) is 0 Å². The molecule has 0 saturated heterocycles. The summed E-state index contributed by atoms with van der Waals surface area (Å²) in [4.78, 5) is 0. The van der Waals surface area contributed by atoms with Crippen molar-refractivity contribution in [3.05, 3.63) is 0 Å². The van der Waals surface area contributed by atoms with Gasteiger partial charge in [0.05, 0.1) is 5.60 Å². The Bertz CT molecular complexity index is 181. The van der Waals surface area contributed by atoms with E-state index in [9.17, 15) is 5.11 Å². The van der Waals surface area contributed by atoms with E-state index in [0.29, 0.717) is 18.4 Å². The van der Waals surface area contributed by atoms with E-state index in [1.54, 1.807) is 0 Å². The van der Waals surface area contributed by atoms with Crippen LogP contribution in [0.5, 0.6) is 0 Å². The van der Waals surface area contributed by atoms with Crippen LogP contribution in [-0.4, -0.2) is 17.3 Å². The molecule has 1 aliphatic carbocycles. The fraction of sp³-hybridized carbons (Fsp3) is 1.00. The van der Waals surface area contributed by atoms with Crippen LogP contribution in [0.2, 0.25) is 0 Å². The van der Waals surface area contributed by atoms with Gasteiger partial charge in [-0.15, -0.1) is 0 Å². The van der Waals surface area contributed by atoms with Gasteiger partial charge in [-0.05, 0) is 24.7 Å². The van der Waals surface area contributed by atoms with Crippen LogP contribution in [0.1, 0.15) is 40.5 Å². The number of hydrogen-bond donors (Lipinski definition) is 2. The first-order valence-electron chi connectivity index (χ1n) is 5.28. The molecule has 0 amide bonds. The quantitative estimate of drug-likeness (QED) is 0.701. The van der Waals surface area contributed by atoms with E-state index in [1.165, 1.54) is 0 Å². The summed E-state index contributed by atoms with van der Waals surface area (Å²) in [6.45, 7) is 8.89. The standard InChI is InChI=1S/C11H23NO/c1-8(2)11(13,9-5-6-9)10(3,4)7-12/h8-9,13H,5-7,12H2,1-4H3. The van der Waals surface area contributed by atoms with Crippen molar-refractivity contribution in [3.8, 4) is 0 Å². The van der Waals surface area contributed by atoms with Gasteiger partial charge < -0.3 is 10.8 Å². The smallest absolute Gasteiger partial charge is 0.0761 e. The van der Waals surface area contributed by atoms with Gasteiger partial charge in [-0.25, -0.2) is 0 Å². The Kier molecular flexibility index (Phi) is 2.75. The third-order valence-electron chi connectivity index (χ3n) is 3.67. The van der Waals surface area contributed by atoms with Gasteiger partial charge in [0.15, 0.2) is 0 Å². The lowest BCUT2D eigenvalue weighted by molar-refractivity contribution is -0.116. The highest BCUT2D eigenvalue weighted by Gasteiger charge is 2.54. The molecule has 1 rings (SSSR count). The van der Waals surface area contributed by atoms with Gasteiger partial charge in [-0.1, -0.05) is 27.7 Å². The maximum absolute atomic E-state index is 10.7. The highest BCUT2D eigenvalue weighted by Crippen LogP contribution is 2.52. The SMILES string of the molecule is CC(C)C(O)(C1CC1)C(C)(C)CN. The molecule has 1 fully saturated rings. The van der Waals surface area contributed by atoms with Gasteiger partial charge in [0.2, 0.25) is 0 Å². The highest BCUT2D eigenvalue weighted by molar-refractivity contribution is 5.05. The summed E-state index contributed by atoms with van der Waals surface area (Å²) in [5.74, 6) is 0.768. The molecule has 78 valence electrons. The van der Waals surface area contributed by atoms with Crippen LogP contribution in [0, 0.1) is 17.3 Å². The second-order valence-electron chi connectivity index (χ2n) is 5.34. The molecule has 0 aliphatic heterocycles. The molecule has 0 radical (unpaired) electrons. The molecule has 1 saturated carbocycles. The lowest BCUT2D eigenvalue weighted by Crippen LogP contribution is -2.54. The monoisotopic (exact) mass is 185 g/mol. The number of aliphatic hydroxyl groups is 1. The van der Waals surface area contributed by atoms with E-state index in [0.717, 1.165) is 12.8 Å². The van der Waals surface area contributed by atoms with Gasteiger partial charge in [0.25, 0.3) is 0 Å². The summed E-state index contributed by atoms with van der Waals surface area (Å²) < 4.78 is 0. The summed E-state index contributed by atoms with van der Waals surface area (Å²) in [7, 11) is 0. The topological polar surface area (TPSA) is 46.2 Å². The Balaban J connectivity index is 2.89. The van der Waals surface area contributed by atoms with Crippen molar-refractivity contribution in [1.29, 1.82) is 0 Å². The van der Waals surface area contributed by atoms with Crippen molar-refractivity contribution in [3.63, 3.8) is 0 Å². The first kappa shape index (κ1) is 11.0. The number of nitrogens with two attached hydrogens (primary N) is 1. The predicted molar refractivity (Wildman–Crippen MR) is 55.3 cm³/mol. The zero-order valence-corrected chi connectivity index (χ0v) is 9.30.